The maximum Gasteiger partial charge on any atom is 0.0795 e. The first-order valence-electron chi connectivity index (χ1n) is 3.58. The highest BCUT2D eigenvalue weighted by atomic mass is 35.5. The Bertz CT molecular complexity index is 183. The van der Waals surface area contributed by atoms with Crippen LogP contribution in [0, 0.1) is 0 Å². The molecule has 6 heteroatoms. The molecule has 78 valence electrons. The maximum atomic E-state index is 5.36. The molecule has 0 radical (unpaired) electrons. The number of hydrogen-bond donors (Lipinski definition) is 1. The van der Waals surface area contributed by atoms with Crippen LogP contribution in [0.5, 0.6) is 0 Å². The lowest BCUT2D eigenvalue weighted by atomic mass is 10.5. The van der Waals surface area contributed by atoms with Gasteiger partial charge in [0.15, 0.2) is 0 Å². The summed E-state index contributed by atoms with van der Waals surface area (Å²) in [5, 5.41) is 2.09. The average molecular weight is 261 g/mol. The summed E-state index contributed by atoms with van der Waals surface area (Å²) in [5.74, 6) is 2.18. The van der Waals surface area contributed by atoms with E-state index in [1.165, 1.54) is 5.69 Å². The second kappa shape index (κ2) is 10.6. The van der Waals surface area contributed by atoms with Gasteiger partial charge in [-0.05, 0) is 18.7 Å². The minimum Gasteiger partial charge on any atom is -0.330 e. The van der Waals surface area contributed by atoms with Crippen molar-refractivity contribution in [2.24, 2.45) is 5.73 Å². The van der Waals surface area contributed by atoms with Crippen molar-refractivity contribution >= 4 is 47.9 Å². The molecule has 0 unspecified atom stereocenters. The van der Waals surface area contributed by atoms with Crippen LogP contribution in [0.3, 0.4) is 0 Å². The highest BCUT2D eigenvalue weighted by molar-refractivity contribution is 7.98. The number of rotatable bonds is 5. The van der Waals surface area contributed by atoms with Gasteiger partial charge in [0, 0.05) is 11.1 Å². The summed E-state index contributed by atoms with van der Waals surface area (Å²) in [4.78, 5) is 4.18. The molecule has 0 aliphatic heterocycles. The molecule has 0 aliphatic carbocycles. The van der Waals surface area contributed by atoms with E-state index in [-0.39, 0.29) is 24.8 Å². The van der Waals surface area contributed by atoms with E-state index in [2.05, 4.69) is 10.4 Å². The van der Waals surface area contributed by atoms with Gasteiger partial charge in [-0.3, -0.25) is 0 Å². The van der Waals surface area contributed by atoms with E-state index < -0.39 is 0 Å². The van der Waals surface area contributed by atoms with Crippen molar-refractivity contribution in [3.63, 3.8) is 0 Å². The van der Waals surface area contributed by atoms with Crippen molar-refractivity contribution in [2.75, 3.05) is 12.3 Å². The van der Waals surface area contributed by atoms with E-state index in [1.54, 1.807) is 11.3 Å². The highest BCUT2D eigenvalue weighted by Crippen LogP contribution is 2.12. The van der Waals surface area contributed by atoms with E-state index in [4.69, 9.17) is 5.73 Å². The number of hydrogen-bond acceptors (Lipinski definition) is 4. The molecule has 0 aromatic carbocycles. The lowest BCUT2D eigenvalue weighted by molar-refractivity contribution is 0.942. The molecule has 0 aliphatic rings. The lowest BCUT2D eigenvalue weighted by Crippen LogP contribution is -1.99. The number of thiazole rings is 1. The summed E-state index contributed by atoms with van der Waals surface area (Å²) in [7, 11) is 0. The van der Waals surface area contributed by atoms with Crippen LogP contribution in [0.1, 0.15) is 12.1 Å². The van der Waals surface area contributed by atoms with Gasteiger partial charge in [0.25, 0.3) is 0 Å². The Labute approximate surface area is 99.5 Å². The second-order valence-electron chi connectivity index (χ2n) is 2.17. The zero-order chi connectivity index (χ0) is 7.94. The number of halogens is 2. The first-order chi connectivity index (χ1) is 5.43. The molecule has 1 rings (SSSR count). The van der Waals surface area contributed by atoms with Gasteiger partial charge in [-0.2, -0.15) is 11.8 Å². The van der Waals surface area contributed by atoms with Gasteiger partial charge in [0.2, 0.25) is 0 Å². The molecule has 1 aromatic rings. The molecular formula is C7H14Cl2N2S2. The quantitative estimate of drug-likeness (QED) is 0.828. The SMILES string of the molecule is Cl.Cl.NCCCSCc1cscn1. The van der Waals surface area contributed by atoms with Crippen LogP contribution in [-0.2, 0) is 5.75 Å². The molecule has 0 amide bonds. The highest BCUT2D eigenvalue weighted by Gasteiger charge is 1.93. The number of nitrogens with two attached hydrogens (primary N) is 1. The van der Waals surface area contributed by atoms with Crippen LogP contribution in [0.2, 0.25) is 0 Å². The molecule has 13 heavy (non-hydrogen) atoms. The van der Waals surface area contributed by atoms with Gasteiger partial charge < -0.3 is 5.73 Å². The summed E-state index contributed by atoms with van der Waals surface area (Å²) in [5.41, 5.74) is 8.43. The Kier molecular flexibility index (Phi) is 13.0. The smallest absolute Gasteiger partial charge is 0.0795 e. The van der Waals surface area contributed by atoms with E-state index in [1.807, 2.05) is 17.3 Å². The van der Waals surface area contributed by atoms with Gasteiger partial charge in [-0.1, -0.05) is 0 Å². The van der Waals surface area contributed by atoms with E-state index in [9.17, 15) is 0 Å². The first kappa shape index (κ1) is 16.0. The van der Waals surface area contributed by atoms with Gasteiger partial charge in [0.05, 0.1) is 11.2 Å². The molecule has 0 fully saturated rings. The third-order valence-electron chi connectivity index (χ3n) is 1.23. The van der Waals surface area contributed by atoms with Crippen LogP contribution in [-0.4, -0.2) is 17.3 Å². The summed E-state index contributed by atoms with van der Waals surface area (Å²) in [6.07, 6.45) is 1.11. The van der Waals surface area contributed by atoms with Crippen molar-refractivity contribution in [3.8, 4) is 0 Å². The molecule has 0 saturated carbocycles. The predicted molar refractivity (Wildman–Crippen MR) is 66.4 cm³/mol. The Morgan fingerprint density at radius 3 is 2.77 bits per heavy atom. The fourth-order valence-corrected chi connectivity index (χ4v) is 2.22. The van der Waals surface area contributed by atoms with Crippen LogP contribution in [0.15, 0.2) is 10.9 Å². The third kappa shape index (κ3) is 7.58. The topological polar surface area (TPSA) is 38.9 Å². The largest absolute Gasteiger partial charge is 0.330 e. The molecule has 0 saturated heterocycles. The molecule has 2 N–H and O–H groups in total. The minimum absolute atomic E-state index is 0. The van der Waals surface area contributed by atoms with Gasteiger partial charge >= 0.3 is 0 Å². The molecule has 1 aromatic heterocycles. The Morgan fingerprint density at radius 2 is 2.23 bits per heavy atom. The summed E-state index contributed by atoms with van der Waals surface area (Å²) >= 11 is 3.55. The van der Waals surface area contributed by atoms with Gasteiger partial charge in [-0.25, -0.2) is 4.98 Å². The standard InChI is InChI=1S/C7H12N2S2.2ClH/c8-2-1-3-10-4-7-5-11-6-9-7;;/h5-6H,1-4,8H2;2*1H. The predicted octanol–water partition coefficient (Wildman–Crippen LogP) is 2.57. The van der Waals surface area contributed by atoms with E-state index >= 15 is 0 Å². The summed E-state index contributed by atoms with van der Waals surface area (Å²) in [6, 6.07) is 0. The average Bonchev–Trinajstić information content (AvgIpc) is 2.50. The monoisotopic (exact) mass is 260 g/mol. The van der Waals surface area contributed by atoms with Crippen LogP contribution in [0.25, 0.3) is 0 Å². The van der Waals surface area contributed by atoms with Crippen molar-refractivity contribution < 1.29 is 0 Å². The van der Waals surface area contributed by atoms with Gasteiger partial charge in [-0.15, -0.1) is 36.2 Å². The summed E-state index contributed by atoms with van der Waals surface area (Å²) < 4.78 is 0. The third-order valence-corrected chi connectivity index (χ3v) is 2.94. The molecular weight excluding hydrogens is 247 g/mol. The molecule has 0 bridgehead atoms. The number of thioether (sulfide) groups is 1. The number of aromatic nitrogens is 1. The first-order valence-corrected chi connectivity index (χ1v) is 5.68. The zero-order valence-electron chi connectivity index (χ0n) is 7.14. The van der Waals surface area contributed by atoms with Crippen molar-refractivity contribution in [2.45, 2.75) is 12.2 Å². The second-order valence-corrected chi connectivity index (χ2v) is 4.00. The summed E-state index contributed by atoms with van der Waals surface area (Å²) in [6.45, 7) is 0.796. The molecule has 2 nitrogen and oxygen atoms in total. The van der Waals surface area contributed by atoms with Crippen molar-refractivity contribution in [1.82, 2.24) is 4.98 Å². The fourth-order valence-electron chi connectivity index (χ4n) is 0.671. The van der Waals surface area contributed by atoms with Gasteiger partial charge in [0.1, 0.15) is 0 Å². The Hall–Kier alpha value is 0.520. The molecule has 0 spiro atoms. The Balaban J connectivity index is 0. The fraction of sp³-hybridized carbons (Fsp3) is 0.571. The van der Waals surface area contributed by atoms with Crippen LogP contribution in [0.4, 0.5) is 0 Å². The zero-order valence-corrected chi connectivity index (χ0v) is 10.4. The lowest BCUT2D eigenvalue weighted by Gasteiger charge is -1.95. The normalized spacial score (nSPS) is 8.69. The maximum absolute atomic E-state index is 5.36. The van der Waals surface area contributed by atoms with E-state index in [0.29, 0.717) is 0 Å². The minimum atomic E-state index is 0. The molecule has 0 atom stereocenters. The van der Waals surface area contributed by atoms with Crippen LogP contribution >= 0.6 is 47.9 Å². The van der Waals surface area contributed by atoms with Crippen molar-refractivity contribution in [3.05, 3.63) is 16.6 Å². The Morgan fingerprint density at radius 1 is 1.46 bits per heavy atom. The number of nitrogens with zero attached hydrogens (tertiary/aromatic N) is 1. The molecule has 1 heterocycles. The van der Waals surface area contributed by atoms with Crippen LogP contribution < -0.4 is 5.73 Å². The van der Waals surface area contributed by atoms with Crippen molar-refractivity contribution in [1.29, 1.82) is 0 Å². The van der Waals surface area contributed by atoms with E-state index in [0.717, 1.165) is 24.5 Å².